The number of hydrogen-bond donors (Lipinski definition) is 2. The third-order valence-corrected chi connectivity index (χ3v) is 4.02. The van der Waals surface area contributed by atoms with E-state index in [2.05, 4.69) is 5.32 Å². The lowest BCUT2D eigenvalue weighted by Crippen LogP contribution is -2.37. The Labute approximate surface area is 118 Å². The van der Waals surface area contributed by atoms with Gasteiger partial charge < -0.3 is 16.0 Å². The van der Waals surface area contributed by atoms with Crippen LogP contribution in [0.25, 0.3) is 0 Å². The highest BCUT2D eigenvalue weighted by molar-refractivity contribution is 6.00. The SMILES string of the molecule is NC1(C(=O)Nc2ccc(C(=O)N3CCCC3)cc2)CC1. The van der Waals surface area contributed by atoms with Gasteiger partial charge in [0.2, 0.25) is 5.91 Å². The summed E-state index contributed by atoms with van der Waals surface area (Å²) in [5.41, 5.74) is 6.50. The predicted molar refractivity (Wildman–Crippen MR) is 76.4 cm³/mol. The van der Waals surface area contributed by atoms with Crippen molar-refractivity contribution in [2.45, 2.75) is 31.2 Å². The summed E-state index contributed by atoms with van der Waals surface area (Å²) < 4.78 is 0. The molecule has 1 saturated carbocycles. The van der Waals surface area contributed by atoms with Crippen LogP contribution >= 0.6 is 0 Å². The average molecular weight is 273 g/mol. The molecule has 0 unspecified atom stereocenters. The van der Waals surface area contributed by atoms with Crippen molar-refractivity contribution >= 4 is 17.5 Å². The fourth-order valence-electron chi connectivity index (χ4n) is 2.42. The molecule has 1 heterocycles. The molecule has 0 radical (unpaired) electrons. The van der Waals surface area contributed by atoms with Gasteiger partial charge >= 0.3 is 0 Å². The molecule has 5 heteroatoms. The molecule has 2 fully saturated rings. The van der Waals surface area contributed by atoms with E-state index in [-0.39, 0.29) is 11.8 Å². The topological polar surface area (TPSA) is 75.4 Å². The Balaban J connectivity index is 1.65. The minimum atomic E-state index is -0.677. The number of nitrogens with zero attached hydrogens (tertiary/aromatic N) is 1. The first kappa shape index (κ1) is 13.1. The van der Waals surface area contributed by atoms with Crippen LogP contribution < -0.4 is 11.1 Å². The lowest BCUT2D eigenvalue weighted by atomic mass is 10.1. The predicted octanol–water partition coefficient (Wildman–Crippen LogP) is 1.35. The van der Waals surface area contributed by atoms with Crippen LogP contribution in [0.2, 0.25) is 0 Å². The van der Waals surface area contributed by atoms with Gasteiger partial charge in [0.25, 0.3) is 5.91 Å². The van der Waals surface area contributed by atoms with Gasteiger partial charge in [0.1, 0.15) is 0 Å². The summed E-state index contributed by atoms with van der Waals surface area (Å²) in [7, 11) is 0. The van der Waals surface area contributed by atoms with Gasteiger partial charge in [-0.05, 0) is 49.9 Å². The van der Waals surface area contributed by atoms with E-state index in [0.717, 1.165) is 38.8 Å². The van der Waals surface area contributed by atoms with E-state index in [1.165, 1.54) is 0 Å². The monoisotopic (exact) mass is 273 g/mol. The second-order valence-electron chi connectivity index (χ2n) is 5.69. The summed E-state index contributed by atoms with van der Waals surface area (Å²) in [5, 5.41) is 2.79. The molecule has 2 amide bonds. The van der Waals surface area contributed by atoms with Crippen molar-refractivity contribution in [2.75, 3.05) is 18.4 Å². The molecule has 0 aromatic heterocycles. The number of rotatable bonds is 3. The maximum absolute atomic E-state index is 12.2. The van der Waals surface area contributed by atoms with Crippen molar-refractivity contribution in [1.29, 1.82) is 0 Å². The molecule has 0 atom stereocenters. The van der Waals surface area contributed by atoms with Crippen molar-refractivity contribution in [1.82, 2.24) is 4.90 Å². The van der Waals surface area contributed by atoms with Gasteiger partial charge in [0.05, 0.1) is 5.54 Å². The van der Waals surface area contributed by atoms with E-state index in [1.54, 1.807) is 24.3 Å². The molecule has 3 rings (SSSR count). The molecule has 1 aromatic rings. The average Bonchev–Trinajstić information content (AvgIpc) is 3.00. The third kappa shape index (κ3) is 2.54. The van der Waals surface area contributed by atoms with E-state index in [0.29, 0.717) is 11.3 Å². The van der Waals surface area contributed by atoms with Crippen LogP contribution in [0.3, 0.4) is 0 Å². The molecule has 106 valence electrons. The summed E-state index contributed by atoms with van der Waals surface area (Å²) >= 11 is 0. The molecule has 20 heavy (non-hydrogen) atoms. The zero-order valence-corrected chi connectivity index (χ0v) is 11.4. The van der Waals surface area contributed by atoms with E-state index in [9.17, 15) is 9.59 Å². The lowest BCUT2D eigenvalue weighted by Gasteiger charge is -2.15. The molecule has 1 aromatic carbocycles. The normalized spacial score (nSPS) is 19.8. The minimum absolute atomic E-state index is 0.0675. The van der Waals surface area contributed by atoms with Crippen molar-refractivity contribution in [2.24, 2.45) is 5.73 Å². The van der Waals surface area contributed by atoms with Crippen molar-refractivity contribution in [3.8, 4) is 0 Å². The number of carbonyl (C=O) groups is 2. The Hall–Kier alpha value is -1.88. The highest BCUT2D eigenvalue weighted by Gasteiger charge is 2.45. The smallest absolute Gasteiger partial charge is 0.253 e. The highest BCUT2D eigenvalue weighted by Crippen LogP contribution is 2.33. The zero-order chi connectivity index (χ0) is 14.2. The molecule has 0 spiro atoms. The maximum Gasteiger partial charge on any atom is 0.253 e. The Morgan fingerprint density at radius 1 is 1.10 bits per heavy atom. The third-order valence-electron chi connectivity index (χ3n) is 4.02. The Bertz CT molecular complexity index is 529. The van der Waals surface area contributed by atoms with Gasteiger partial charge in [0, 0.05) is 24.3 Å². The van der Waals surface area contributed by atoms with Crippen LogP contribution in [-0.2, 0) is 4.79 Å². The van der Waals surface area contributed by atoms with Gasteiger partial charge in [-0.3, -0.25) is 9.59 Å². The summed E-state index contributed by atoms with van der Waals surface area (Å²) in [6, 6.07) is 7.03. The second-order valence-corrected chi connectivity index (χ2v) is 5.69. The molecule has 5 nitrogen and oxygen atoms in total. The number of nitrogens with two attached hydrogens (primary N) is 1. The molecule has 0 bridgehead atoms. The van der Waals surface area contributed by atoms with Crippen LogP contribution in [0.5, 0.6) is 0 Å². The largest absolute Gasteiger partial charge is 0.339 e. The molecule has 1 aliphatic carbocycles. The maximum atomic E-state index is 12.2. The van der Waals surface area contributed by atoms with Crippen LogP contribution in [0.15, 0.2) is 24.3 Å². The van der Waals surface area contributed by atoms with E-state index >= 15 is 0 Å². The fraction of sp³-hybridized carbons (Fsp3) is 0.467. The number of amides is 2. The Kier molecular flexibility index (Phi) is 3.22. The molecule has 1 aliphatic heterocycles. The number of benzene rings is 1. The van der Waals surface area contributed by atoms with Crippen molar-refractivity contribution in [3.05, 3.63) is 29.8 Å². The minimum Gasteiger partial charge on any atom is -0.339 e. The molecular formula is C15H19N3O2. The number of hydrogen-bond acceptors (Lipinski definition) is 3. The zero-order valence-electron chi connectivity index (χ0n) is 11.4. The first-order chi connectivity index (χ1) is 9.58. The summed E-state index contributed by atoms with van der Waals surface area (Å²) in [4.78, 5) is 25.8. The van der Waals surface area contributed by atoms with Crippen LogP contribution in [-0.4, -0.2) is 35.3 Å². The van der Waals surface area contributed by atoms with E-state index in [4.69, 9.17) is 5.73 Å². The Morgan fingerprint density at radius 2 is 1.70 bits per heavy atom. The van der Waals surface area contributed by atoms with Crippen LogP contribution in [0.4, 0.5) is 5.69 Å². The van der Waals surface area contributed by atoms with Crippen molar-refractivity contribution in [3.63, 3.8) is 0 Å². The number of nitrogens with one attached hydrogen (secondary N) is 1. The first-order valence-electron chi connectivity index (χ1n) is 7.08. The first-order valence-corrected chi connectivity index (χ1v) is 7.08. The van der Waals surface area contributed by atoms with Crippen molar-refractivity contribution < 1.29 is 9.59 Å². The number of likely N-dealkylation sites (tertiary alicyclic amines) is 1. The highest BCUT2D eigenvalue weighted by atomic mass is 16.2. The van der Waals surface area contributed by atoms with Crippen LogP contribution in [0, 0.1) is 0 Å². The van der Waals surface area contributed by atoms with E-state index < -0.39 is 5.54 Å². The van der Waals surface area contributed by atoms with Gasteiger partial charge in [0.15, 0.2) is 0 Å². The summed E-state index contributed by atoms with van der Waals surface area (Å²) in [6.07, 6.45) is 3.64. The molecular weight excluding hydrogens is 254 g/mol. The summed E-state index contributed by atoms with van der Waals surface area (Å²) in [5.74, 6) is -0.0750. The van der Waals surface area contributed by atoms with Gasteiger partial charge in [-0.25, -0.2) is 0 Å². The fourth-order valence-corrected chi connectivity index (χ4v) is 2.42. The molecule has 2 aliphatic rings. The van der Waals surface area contributed by atoms with Gasteiger partial charge in [-0.1, -0.05) is 0 Å². The second kappa shape index (κ2) is 4.90. The molecule has 1 saturated heterocycles. The number of carbonyl (C=O) groups excluding carboxylic acids is 2. The Morgan fingerprint density at radius 3 is 2.25 bits per heavy atom. The summed E-state index contributed by atoms with van der Waals surface area (Å²) in [6.45, 7) is 1.68. The lowest BCUT2D eigenvalue weighted by molar-refractivity contribution is -0.118. The van der Waals surface area contributed by atoms with E-state index in [1.807, 2.05) is 4.90 Å². The quantitative estimate of drug-likeness (QED) is 0.873. The molecule has 3 N–H and O–H groups in total. The van der Waals surface area contributed by atoms with Gasteiger partial charge in [-0.2, -0.15) is 0 Å². The number of anilines is 1. The standard InChI is InChI=1S/C15H19N3O2/c16-15(7-8-15)14(20)17-12-5-3-11(4-6-12)13(19)18-9-1-2-10-18/h3-6H,1-2,7-10,16H2,(H,17,20). The van der Waals surface area contributed by atoms with Crippen LogP contribution in [0.1, 0.15) is 36.0 Å². The van der Waals surface area contributed by atoms with Gasteiger partial charge in [-0.15, -0.1) is 0 Å².